The van der Waals surface area contributed by atoms with Gasteiger partial charge in [-0.1, -0.05) is 32.1 Å². The van der Waals surface area contributed by atoms with E-state index >= 15 is 0 Å². The van der Waals surface area contributed by atoms with Crippen LogP contribution in [0.3, 0.4) is 0 Å². The lowest BCUT2D eigenvalue weighted by atomic mass is 9.87. The fourth-order valence-corrected chi connectivity index (χ4v) is 3.24. The first-order valence-corrected chi connectivity index (χ1v) is 7.79. The van der Waals surface area contributed by atoms with Crippen molar-refractivity contribution < 1.29 is 19.5 Å². The molecule has 6 heteroatoms. The van der Waals surface area contributed by atoms with Gasteiger partial charge in [-0.05, 0) is 18.8 Å². The smallest absolute Gasteiger partial charge is 0.307 e. The maximum atomic E-state index is 12.3. The molecule has 2 aliphatic rings. The first-order chi connectivity index (χ1) is 9.99. The van der Waals surface area contributed by atoms with Crippen molar-refractivity contribution in [3.8, 4) is 0 Å². The summed E-state index contributed by atoms with van der Waals surface area (Å²) >= 11 is 0. The summed E-state index contributed by atoms with van der Waals surface area (Å²) in [7, 11) is 0. The van der Waals surface area contributed by atoms with E-state index in [1.54, 1.807) is 0 Å². The highest BCUT2D eigenvalue weighted by molar-refractivity contribution is 5.91. The summed E-state index contributed by atoms with van der Waals surface area (Å²) in [5.41, 5.74) is 5.21. The maximum Gasteiger partial charge on any atom is 0.307 e. The molecule has 2 atom stereocenters. The third kappa shape index (κ3) is 4.44. The number of nitrogens with zero attached hydrogens (tertiary/aromatic N) is 1. The minimum Gasteiger partial charge on any atom is -0.481 e. The summed E-state index contributed by atoms with van der Waals surface area (Å²) in [6.07, 6.45) is 7.37. The van der Waals surface area contributed by atoms with Crippen LogP contribution in [0.5, 0.6) is 0 Å². The van der Waals surface area contributed by atoms with Crippen molar-refractivity contribution in [1.29, 1.82) is 0 Å². The molecule has 0 bridgehead atoms. The molecule has 2 aliphatic carbocycles. The molecule has 0 aromatic rings. The van der Waals surface area contributed by atoms with E-state index in [-0.39, 0.29) is 12.5 Å². The monoisotopic (exact) mass is 296 g/mol. The zero-order valence-corrected chi connectivity index (χ0v) is 12.3. The average molecular weight is 296 g/mol. The van der Waals surface area contributed by atoms with Crippen LogP contribution in [0.1, 0.15) is 44.9 Å². The normalized spacial score (nSPS) is 25.3. The quantitative estimate of drug-likeness (QED) is 0.731. The fraction of sp³-hybridized carbons (Fsp3) is 0.800. The minimum absolute atomic E-state index is 0.103. The molecular weight excluding hydrogens is 272 g/mol. The molecule has 6 nitrogen and oxygen atoms in total. The highest BCUT2D eigenvalue weighted by Gasteiger charge is 2.49. The molecule has 2 rings (SSSR count). The Morgan fingerprint density at radius 2 is 1.76 bits per heavy atom. The lowest BCUT2D eigenvalue weighted by molar-refractivity contribution is -0.142. The number of amides is 2. The summed E-state index contributed by atoms with van der Waals surface area (Å²) in [5, 5.41) is 8.91. The van der Waals surface area contributed by atoms with Crippen molar-refractivity contribution in [3.05, 3.63) is 0 Å². The Labute approximate surface area is 124 Å². The molecule has 3 N–H and O–H groups in total. The molecule has 0 radical (unpaired) electrons. The van der Waals surface area contributed by atoms with Crippen molar-refractivity contribution in [3.63, 3.8) is 0 Å². The minimum atomic E-state index is -0.931. The molecule has 0 aromatic carbocycles. The van der Waals surface area contributed by atoms with E-state index < -0.39 is 23.7 Å². The van der Waals surface area contributed by atoms with Crippen LogP contribution < -0.4 is 5.73 Å². The molecule has 2 amide bonds. The van der Waals surface area contributed by atoms with Crippen molar-refractivity contribution in [2.24, 2.45) is 23.5 Å². The number of nitrogens with two attached hydrogens (primary N) is 1. The topological polar surface area (TPSA) is 101 Å². The van der Waals surface area contributed by atoms with Gasteiger partial charge in [0.15, 0.2) is 0 Å². The van der Waals surface area contributed by atoms with Crippen molar-refractivity contribution in [1.82, 2.24) is 4.90 Å². The number of aliphatic carboxylic acids is 1. The van der Waals surface area contributed by atoms with Gasteiger partial charge >= 0.3 is 5.97 Å². The van der Waals surface area contributed by atoms with Crippen LogP contribution in [-0.2, 0) is 14.4 Å². The van der Waals surface area contributed by atoms with E-state index in [4.69, 9.17) is 10.8 Å². The molecule has 118 valence electrons. The second-order valence-electron chi connectivity index (χ2n) is 6.31. The summed E-state index contributed by atoms with van der Waals surface area (Å²) in [4.78, 5) is 35.7. The molecule has 0 unspecified atom stereocenters. The Kier molecular flexibility index (Phi) is 5.20. The SMILES string of the molecule is NC(=O)CN(CCC1CCCCC1)C(=O)[C@@H]1C[C@H]1C(=O)O. The Morgan fingerprint density at radius 3 is 2.29 bits per heavy atom. The summed E-state index contributed by atoms with van der Waals surface area (Å²) < 4.78 is 0. The number of carboxylic acids is 1. The van der Waals surface area contributed by atoms with Gasteiger partial charge in [0, 0.05) is 6.54 Å². The zero-order valence-electron chi connectivity index (χ0n) is 12.3. The van der Waals surface area contributed by atoms with Gasteiger partial charge in [-0.15, -0.1) is 0 Å². The molecule has 21 heavy (non-hydrogen) atoms. The molecular formula is C15H24N2O4. The third-order valence-electron chi connectivity index (χ3n) is 4.62. The fourth-order valence-electron chi connectivity index (χ4n) is 3.24. The standard InChI is InChI=1S/C15H24N2O4/c16-13(18)9-17(7-6-10-4-2-1-3-5-10)14(19)11-8-12(11)15(20)21/h10-12H,1-9H2,(H2,16,18)(H,20,21)/t11-,12-/m1/s1. The van der Waals surface area contributed by atoms with Crippen LogP contribution in [0.25, 0.3) is 0 Å². The van der Waals surface area contributed by atoms with Crippen LogP contribution in [-0.4, -0.2) is 40.9 Å². The molecule has 0 heterocycles. The number of carbonyl (C=O) groups is 3. The Morgan fingerprint density at radius 1 is 1.10 bits per heavy atom. The van der Waals surface area contributed by atoms with Gasteiger partial charge in [0.2, 0.25) is 11.8 Å². The Balaban J connectivity index is 1.86. The largest absolute Gasteiger partial charge is 0.481 e. The maximum absolute atomic E-state index is 12.3. The van der Waals surface area contributed by atoms with E-state index in [2.05, 4.69) is 0 Å². The predicted octanol–water partition coefficient (Wildman–Crippen LogP) is 0.991. The molecule has 2 fully saturated rings. The highest BCUT2D eigenvalue weighted by atomic mass is 16.4. The van der Waals surface area contributed by atoms with Gasteiger partial charge in [0.1, 0.15) is 0 Å². The lowest BCUT2D eigenvalue weighted by Crippen LogP contribution is -2.41. The van der Waals surface area contributed by atoms with E-state index in [9.17, 15) is 14.4 Å². The van der Waals surface area contributed by atoms with Gasteiger partial charge in [0.25, 0.3) is 0 Å². The van der Waals surface area contributed by atoms with E-state index in [0.29, 0.717) is 18.9 Å². The average Bonchev–Trinajstić information content (AvgIpc) is 3.24. The molecule has 0 aliphatic heterocycles. The number of hydrogen-bond acceptors (Lipinski definition) is 3. The van der Waals surface area contributed by atoms with Crippen LogP contribution in [0.4, 0.5) is 0 Å². The molecule has 0 spiro atoms. The van der Waals surface area contributed by atoms with Gasteiger partial charge in [-0.25, -0.2) is 0 Å². The van der Waals surface area contributed by atoms with E-state index in [1.807, 2.05) is 0 Å². The molecule has 2 saturated carbocycles. The number of carboxylic acid groups (broad SMARTS) is 1. The zero-order chi connectivity index (χ0) is 15.4. The molecule has 0 saturated heterocycles. The van der Waals surface area contributed by atoms with Gasteiger partial charge in [-0.2, -0.15) is 0 Å². The molecule has 0 aromatic heterocycles. The summed E-state index contributed by atoms with van der Waals surface area (Å²) in [5.74, 6) is -2.14. The Bertz CT molecular complexity index is 418. The lowest BCUT2D eigenvalue weighted by Gasteiger charge is -2.26. The van der Waals surface area contributed by atoms with Gasteiger partial charge < -0.3 is 15.7 Å². The van der Waals surface area contributed by atoms with Crippen LogP contribution in [0.2, 0.25) is 0 Å². The van der Waals surface area contributed by atoms with E-state index in [1.165, 1.54) is 37.0 Å². The summed E-state index contributed by atoms with van der Waals surface area (Å²) in [6, 6.07) is 0. The number of hydrogen-bond donors (Lipinski definition) is 2. The predicted molar refractivity (Wildman–Crippen MR) is 76.2 cm³/mol. The van der Waals surface area contributed by atoms with Gasteiger partial charge in [-0.3, -0.25) is 14.4 Å². The Hall–Kier alpha value is -1.59. The van der Waals surface area contributed by atoms with E-state index in [0.717, 1.165) is 6.42 Å². The van der Waals surface area contributed by atoms with Crippen LogP contribution in [0, 0.1) is 17.8 Å². The first-order valence-electron chi connectivity index (χ1n) is 7.79. The van der Waals surface area contributed by atoms with Crippen LogP contribution >= 0.6 is 0 Å². The number of rotatable bonds is 7. The van der Waals surface area contributed by atoms with Gasteiger partial charge in [0.05, 0.1) is 18.4 Å². The number of primary amides is 1. The second-order valence-corrected chi connectivity index (χ2v) is 6.31. The summed E-state index contributed by atoms with van der Waals surface area (Å²) in [6.45, 7) is 0.406. The first kappa shape index (κ1) is 15.8. The van der Waals surface area contributed by atoms with Crippen molar-refractivity contribution in [2.45, 2.75) is 44.9 Å². The van der Waals surface area contributed by atoms with Crippen LogP contribution in [0.15, 0.2) is 0 Å². The van der Waals surface area contributed by atoms with Crippen molar-refractivity contribution >= 4 is 17.8 Å². The van der Waals surface area contributed by atoms with Crippen molar-refractivity contribution in [2.75, 3.05) is 13.1 Å². The highest BCUT2D eigenvalue weighted by Crippen LogP contribution is 2.40. The third-order valence-corrected chi connectivity index (χ3v) is 4.62. The number of carbonyl (C=O) groups excluding carboxylic acids is 2. The second kappa shape index (κ2) is 6.91.